The first kappa shape index (κ1) is 23.8. The molecule has 1 aromatic carbocycles. The number of hydrogen-bond acceptors (Lipinski definition) is 7. The molecule has 0 aliphatic carbocycles. The minimum Gasteiger partial charge on any atom is -0.503 e. The molecule has 1 atom stereocenters. The molecule has 0 fully saturated rings. The zero-order valence-corrected chi connectivity index (χ0v) is 20.2. The Balaban J connectivity index is 1.68. The lowest BCUT2D eigenvalue weighted by Crippen LogP contribution is -2.33. The van der Waals surface area contributed by atoms with Gasteiger partial charge in [-0.25, -0.2) is 4.98 Å². The highest BCUT2D eigenvalue weighted by Gasteiger charge is 2.45. The summed E-state index contributed by atoms with van der Waals surface area (Å²) < 4.78 is 5.61. The van der Waals surface area contributed by atoms with E-state index in [1.165, 1.54) is 16.2 Å². The van der Waals surface area contributed by atoms with Gasteiger partial charge in [-0.1, -0.05) is 36.4 Å². The number of thiazole rings is 1. The Bertz CT molecular complexity index is 1210. The van der Waals surface area contributed by atoms with E-state index in [2.05, 4.69) is 9.97 Å². The summed E-state index contributed by atoms with van der Waals surface area (Å²) in [5.41, 5.74) is 2.03. The number of nitrogens with zero attached hydrogens (tertiary/aromatic N) is 3. The van der Waals surface area contributed by atoms with Crippen LogP contribution in [0.25, 0.3) is 10.6 Å². The number of amides is 1. The number of Topliss-reactive ketones (excluding diaryl/α,β-unsaturated/α-hetero) is 1. The van der Waals surface area contributed by atoms with Crippen molar-refractivity contribution in [3.63, 3.8) is 0 Å². The Labute approximate surface area is 202 Å². The van der Waals surface area contributed by atoms with Crippen LogP contribution in [0, 0.1) is 6.92 Å². The van der Waals surface area contributed by atoms with Crippen LogP contribution in [0.5, 0.6) is 0 Å². The molecule has 4 rings (SSSR count). The standard InChI is InChI=1S/C26H27N3O4S/c1-16(2)33-15-9-14-29-21(19-12-7-8-13-27-19)20(23(31)26(29)32)22(30)24-17(3)28-25(34-24)18-10-5-4-6-11-18/h4-8,10-13,16,21,31H,9,14-15H2,1-3H3. The predicted octanol–water partition coefficient (Wildman–Crippen LogP) is 4.91. The number of rotatable bonds is 9. The number of aliphatic hydroxyl groups is 1. The van der Waals surface area contributed by atoms with Gasteiger partial charge in [-0.05, 0) is 39.3 Å². The largest absolute Gasteiger partial charge is 0.503 e. The zero-order valence-electron chi connectivity index (χ0n) is 19.4. The summed E-state index contributed by atoms with van der Waals surface area (Å²) in [6, 6.07) is 14.2. The van der Waals surface area contributed by atoms with E-state index in [9.17, 15) is 14.7 Å². The molecule has 176 valence electrons. The van der Waals surface area contributed by atoms with Gasteiger partial charge in [-0.2, -0.15) is 0 Å². The van der Waals surface area contributed by atoms with Crippen molar-refractivity contribution in [1.82, 2.24) is 14.9 Å². The number of aromatic nitrogens is 2. The first-order valence-electron chi connectivity index (χ1n) is 11.2. The monoisotopic (exact) mass is 477 g/mol. The molecule has 3 aromatic rings. The van der Waals surface area contributed by atoms with Gasteiger partial charge in [0.25, 0.3) is 5.91 Å². The van der Waals surface area contributed by atoms with Crippen molar-refractivity contribution in [3.8, 4) is 10.6 Å². The van der Waals surface area contributed by atoms with Gasteiger partial charge in [0.05, 0.1) is 27.9 Å². The molecule has 3 heterocycles. The number of carbonyl (C=O) groups is 2. The van der Waals surface area contributed by atoms with Crippen LogP contribution in [0.4, 0.5) is 0 Å². The van der Waals surface area contributed by atoms with Crippen molar-refractivity contribution in [3.05, 3.63) is 82.3 Å². The minimum atomic E-state index is -0.776. The van der Waals surface area contributed by atoms with Gasteiger partial charge < -0.3 is 14.7 Å². The molecule has 2 aromatic heterocycles. The van der Waals surface area contributed by atoms with Crippen LogP contribution >= 0.6 is 11.3 Å². The average molecular weight is 478 g/mol. The molecule has 0 spiro atoms. The molecule has 1 amide bonds. The molecule has 34 heavy (non-hydrogen) atoms. The fourth-order valence-corrected chi connectivity index (χ4v) is 4.97. The number of ketones is 1. The van der Waals surface area contributed by atoms with E-state index >= 15 is 0 Å². The van der Waals surface area contributed by atoms with E-state index in [1.54, 1.807) is 31.3 Å². The third-order valence-electron chi connectivity index (χ3n) is 5.53. The second kappa shape index (κ2) is 10.3. The number of carbonyl (C=O) groups excluding carboxylic acids is 2. The van der Waals surface area contributed by atoms with Crippen LogP contribution in [0.1, 0.15) is 47.4 Å². The Kier molecular flexibility index (Phi) is 7.19. The summed E-state index contributed by atoms with van der Waals surface area (Å²) >= 11 is 1.26. The first-order chi connectivity index (χ1) is 16.4. The molecule has 0 bridgehead atoms. The summed E-state index contributed by atoms with van der Waals surface area (Å²) in [6.07, 6.45) is 2.26. The zero-order chi connectivity index (χ0) is 24.2. The number of ether oxygens (including phenoxy) is 1. The van der Waals surface area contributed by atoms with E-state index < -0.39 is 23.5 Å². The fraction of sp³-hybridized carbons (Fsp3) is 0.308. The van der Waals surface area contributed by atoms with Crippen molar-refractivity contribution in [2.24, 2.45) is 0 Å². The van der Waals surface area contributed by atoms with Gasteiger partial charge in [0.2, 0.25) is 5.78 Å². The molecule has 7 nitrogen and oxygen atoms in total. The fourth-order valence-electron chi connectivity index (χ4n) is 3.95. The predicted molar refractivity (Wildman–Crippen MR) is 131 cm³/mol. The topological polar surface area (TPSA) is 92.6 Å². The maximum atomic E-state index is 13.7. The van der Waals surface area contributed by atoms with Crippen LogP contribution < -0.4 is 0 Å². The molecule has 0 saturated carbocycles. The summed E-state index contributed by atoms with van der Waals surface area (Å²) in [5, 5.41) is 11.6. The highest BCUT2D eigenvalue weighted by Crippen LogP contribution is 2.40. The highest BCUT2D eigenvalue weighted by atomic mass is 32.1. The lowest BCUT2D eigenvalue weighted by atomic mass is 9.98. The van der Waals surface area contributed by atoms with Crippen LogP contribution in [-0.2, 0) is 9.53 Å². The lowest BCUT2D eigenvalue weighted by molar-refractivity contribution is -0.129. The summed E-state index contributed by atoms with van der Waals surface area (Å²) in [4.78, 5) is 37.7. The van der Waals surface area contributed by atoms with Crippen molar-refractivity contribution in [2.75, 3.05) is 13.2 Å². The number of pyridine rings is 1. The van der Waals surface area contributed by atoms with Gasteiger partial charge in [-0.15, -0.1) is 11.3 Å². The van der Waals surface area contributed by atoms with Crippen molar-refractivity contribution in [1.29, 1.82) is 0 Å². The SMILES string of the molecule is Cc1nc(-c2ccccc2)sc1C(=O)C1=C(O)C(=O)N(CCCOC(C)C)C1c1ccccn1. The molecule has 0 radical (unpaired) electrons. The molecule has 8 heteroatoms. The Morgan fingerprint density at radius 1 is 1.18 bits per heavy atom. The van der Waals surface area contributed by atoms with E-state index in [-0.39, 0.29) is 11.7 Å². The first-order valence-corrected chi connectivity index (χ1v) is 12.0. The third-order valence-corrected chi connectivity index (χ3v) is 6.74. The smallest absolute Gasteiger partial charge is 0.290 e. The summed E-state index contributed by atoms with van der Waals surface area (Å²) in [7, 11) is 0. The molecule has 1 aliphatic heterocycles. The van der Waals surface area contributed by atoms with E-state index in [0.29, 0.717) is 40.8 Å². The molecular formula is C26H27N3O4S. The number of aliphatic hydroxyl groups excluding tert-OH is 1. The van der Waals surface area contributed by atoms with Gasteiger partial charge in [-0.3, -0.25) is 14.6 Å². The Morgan fingerprint density at radius 3 is 2.59 bits per heavy atom. The van der Waals surface area contributed by atoms with Crippen LogP contribution in [0.15, 0.2) is 66.1 Å². The van der Waals surface area contributed by atoms with Crippen molar-refractivity contribution < 1.29 is 19.4 Å². The normalized spacial score (nSPS) is 16.1. The number of aryl methyl sites for hydroxylation is 1. The molecule has 1 aliphatic rings. The maximum absolute atomic E-state index is 13.7. The quantitative estimate of drug-likeness (QED) is 0.348. The van der Waals surface area contributed by atoms with Crippen LogP contribution in [0.2, 0.25) is 0 Å². The highest BCUT2D eigenvalue weighted by molar-refractivity contribution is 7.17. The van der Waals surface area contributed by atoms with Crippen LogP contribution in [-0.4, -0.2) is 50.9 Å². The van der Waals surface area contributed by atoms with Gasteiger partial charge in [0.1, 0.15) is 11.0 Å². The van der Waals surface area contributed by atoms with E-state index in [0.717, 1.165) is 5.56 Å². The lowest BCUT2D eigenvalue weighted by Gasteiger charge is -2.26. The third kappa shape index (κ3) is 4.78. The van der Waals surface area contributed by atoms with E-state index in [4.69, 9.17) is 4.74 Å². The second-order valence-electron chi connectivity index (χ2n) is 8.32. The second-order valence-corrected chi connectivity index (χ2v) is 9.32. The summed E-state index contributed by atoms with van der Waals surface area (Å²) in [6.45, 7) is 6.45. The van der Waals surface area contributed by atoms with Crippen molar-refractivity contribution >= 4 is 23.0 Å². The molecule has 0 saturated heterocycles. The summed E-state index contributed by atoms with van der Waals surface area (Å²) in [5.74, 6) is -1.51. The molecular weight excluding hydrogens is 450 g/mol. The van der Waals surface area contributed by atoms with Gasteiger partial charge >= 0.3 is 0 Å². The van der Waals surface area contributed by atoms with Gasteiger partial charge in [0, 0.05) is 24.9 Å². The molecule has 1 N–H and O–H groups in total. The Morgan fingerprint density at radius 2 is 1.91 bits per heavy atom. The average Bonchev–Trinajstić information content (AvgIpc) is 3.35. The van der Waals surface area contributed by atoms with Gasteiger partial charge in [0.15, 0.2) is 5.76 Å². The number of benzene rings is 1. The van der Waals surface area contributed by atoms with Crippen LogP contribution in [0.3, 0.4) is 0 Å². The number of hydrogen-bond donors (Lipinski definition) is 1. The molecule has 1 unspecified atom stereocenters. The van der Waals surface area contributed by atoms with Crippen molar-refractivity contribution in [2.45, 2.75) is 39.3 Å². The maximum Gasteiger partial charge on any atom is 0.290 e. The van der Waals surface area contributed by atoms with E-state index in [1.807, 2.05) is 44.2 Å². The Hall–Kier alpha value is -3.36. The minimum absolute atomic E-state index is 0.0415.